The molecule has 0 aromatic heterocycles. The molecule has 3 nitrogen and oxygen atoms in total. The number of aliphatic hydroxyl groups excluding tert-OH is 2. The van der Waals surface area contributed by atoms with Gasteiger partial charge in [0.25, 0.3) is 5.92 Å². The van der Waals surface area contributed by atoms with Crippen molar-refractivity contribution in [3.8, 4) is 0 Å². The zero-order chi connectivity index (χ0) is 12.5. The Bertz CT molecular complexity index is 362. The summed E-state index contributed by atoms with van der Waals surface area (Å²) in [6.07, 6.45) is -1.86. The molecule has 1 aromatic carbocycles. The van der Waals surface area contributed by atoms with Crippen LogP contribution in [0.25, 0.3) is 0 Å². The normalized spacial score (nSPS) is 26.4. The van der Waals surface area contributed by atoms with Crippen molar-refractivity contribution in [3.63, 3.8) is 0 Å². The minimum absolute atomic E-state index is 0.0455. The summed E-state index contributed by atoms with van der Waals surface area (Å²) in [5.41, 5.74) is -0.0455. The monoisotopic (exact) mass is 243 g/mol. The van der Waals surface area contributed by atoms with Crippen molar-refractivity contribution in [1.82, 2.24) is 4.90 Å². The number of alkyl halides is 2. The van der Waals surface area contributed by atoms with Gasteiger partial charge < -0.3 is 10.2 Å². The lowest BCUT2D eigenvalue weighted by Crippen LogP contribution is -2.34. The fraction of sp³-hybridized carbons (Fsp3) is 0.500. The van der Waals surface area contributed by atoms with Crippen LogP contribution in [0.1, 0.15) is 5.56 Å². The standard InChI is InChI=1S/C12H15F2NO2/c13-12(14,9-4-2-1-3-5-9)8-15-6-10(16)11(17)7-15/h1-5,10-11,16-17H,6-8H2. The van der Waals surface area contributed by atoms with Gasteiger partial charge in [0.15, 0.2) is 0 Å². The third-order valence-corrected chi connectivity index (χ3v) is 2.95. The van der Waals surface area contributed by atoms with Gasteiger partial charge in [-0.25, -0.2) is 0 Å². The molecule has 1 saturated heterocycles. The number of halogens is 2. The highest BCUT2D eigenvalue weighted by molar-refractivity contribution is 5.20. The Balaban J connectivity index is 2.03. The number of benzene rings is 1. The summed E-state index contributed by atoms with van der Waals surface area (Å²) in [5.74, 6) is -2.97. The molecule has 0 amide bonds. The number of aliphatic hydroxyl groups is 2. The van der Waals surface area contributed by atoms with Crippen LogP contribution in [-0.4, -0.2) is 47.0 Å². The molecule has 2 N–H and O–H groups in total. The van der Waals surface area contributed by atoms with Gasteiger partial charge >= 0.3 is 0 Å². The van der Waals surface area contributed by atoms with E-state index in [1.807, 2.05) is 0 Å². The van der Waals surface area contributed by atoms with Crippen LogP contribution in [0.4, 0.5) is 8.78 Å². The average molecular weight is 243 g/mol. The highest BCUT2D eigenvalue weighted by Gasteiger charge is 2.38. The molecule has 2 atom stereocenters. The predicted molar refractivity (Wildman–Crippen MR) is 58.8 cm³/mol. The van der Waals surface area contributed by atoms with Crippen LogP contribution < -0.4 is 0 Å². The molecule has 0 radical (unpaired) electrons. The smallest absolute Gasteiger partial charge is 0.285 e. The van der Waals surface area contributed by atoms with Gasteiger partial charge in [-0.1, -0.05) is 30.3 Å². The number of nitrogens with zero attached hydrogens (tertiary/aromatic N) is 1. The largest absolute Gasteiger partial charge is 0.389 e. The number of hydrogen-bond acceptors (Lipinski definition) is 3. The van der Waals surface area contributed by atoms with Crippen molar-refractivity contribution in [2.75, 3.05) is 19.6 Å². The van der Waals surface area contributed by atoms with E-state index in [0.29, 0.717) is 0 Å². The molecular formula is C12H15F2NO2. The lowest BCUT2D eigenvalue weighted by molar-refractivity contribution is -0.0353. The van der Waals surface area contributed by atoms with Crippen LogP contribution in [-0.2, 0) is 5.92 Å². The minimum Gasteiger partial charge on any atom is -0.389 e. The van der Waals surface area contributed by atoms with Crippen molar-refractivity contribution in [3.05, 3.63) is 35.9 Å². The first-order chi connectivity index (χ1) is 7.99. The first-order valence-corrected chi connectivity index (χ1v) is 5.51. The van der Waals surface area contributed by atoms with Crippen LogP contribution in [0.3, 0.4) is 0 Å². The molecule has 1 fully saturated rings. The average Bonchev–Trinajstić information content (AvgIpc) is 2.58. The molecule has 2 unspecified atom stereocenters. The lowest BCUT2D eigenvalue weighted by atomic mass is 10.1. The Labute approximate surface area is 98.3 Å². The quantitative estimate of drug-likeness (QED) is 0.826. The molecule has 17 heavy (non-hydrogen) atoms. The van der Waals surface area contributed by atoms with Crippen LogP contribution in [0.2, 0.25) is 0 Å². The summed E-state index contributed by atoms with van der Waals surface area (Å²) >= 11 is 0. The Morgan fingerprint density at radius 1 is 1.12 bits per heavy atom. The van der Waals surface area contributed by atoms with Gasteiger partial charge in [0.05, 0.1) is 18.8 Å². The summed E-state index contributed by atoms with van der Waals surface area (Å²) in [4.78, 5) is 1.38. The maximum atomic E-state index is 13.9. The molecule has 0 spiro atoms. The molecule has 1 aliphatic rings. The summed E-state index contributed by atoms with van der Waals surface area (Å²) in [7, 11) is 0. The molecule has 1 aromatic rings. The molecule has 5 heteroatoms. The number of likely N-dealkylation sites (tertiary alicyclic amines) is 1. The number of hydrogen-bond donors (Lipinski definition) is 2. The first kappa shape index (κ1) is 12.4. The van der Waals surface area contributed by atoms with Crippen molar-refractivity contribution < 1.29 is 19.0 Å². The van der Waals surface area contributed by atoms with Crippen molar-refractivity contribution in [2.24, 2.45) is 0 Å². The second kappa shape index (κ2) is 4.68. The summed E-state index contributed by atoms with van der Waals surface area (Å²) in [6, 6.07) is 7.57. The van der Waals surface area contributed by atoms with Gasteiger partial charge in [-0.3, -0.25) is 4.90 Å². The zero-order valence-corrected chi connectivity index (χ0v) is 9.26. The second-order valence-corrected chi connectivity index (χ2v) is 4.40. The number of rotatable bonds is 3. The fourth-order valence-corrected chi connectivity index (χ4v) is 2.03. The summed E-state index contributed by atoms with van der Waals surface area (Å²) in [6.45, 7) is -0.307. The van der Waals surface area contributed by atoms with E-state index in [9.17, 15) is 19.0 Å². The van der Waals surface area contributed by atoms with Crippen LogP contribution in [0.5, 0.6) is 0 Å². The molecule has 0 bridgehead atoms. The van der Waals surface area contributed by atoms with E-state index < -0.39 is 24.7 Å². The van der Waals surface area contributed by atoms with Crippen molar-refractivity contribution in [2.45, 2.75) is 18.1 Å². The molecule has 0 aliphatic carbocycles. The van der Waals surface area contributed by atoms with E-state index in [0.717, 1.165) is 0 Å². The zero-order valence-electron chi connectivity index (χ0n) is 9.26. The van der Waals surface area contributed by atoms with Gasteiger partial charge in [-0.15, -0.1) is 0 Å². The van der Waals surface area contributed by atoms with E-state index in [4.69, 9.17) is 0 Å². The lowest BCUT2D eigenvalue weighted by Gasteiger charge is -2.23. The van der Waals surface area contributed by atoms with Crippen LogP contribution in [0, 0.1) is 0 Å². The van der Waals surface area contributed by atoms with Gasteiger partial charge in [-0.05, 0) is 0 Å². The van der Waals surface area contributed by atoms with E-state index in [2.05, 4.69) is 0 Å². The van der Waals surface area contributed by atoms with Crippen molar-refractivity contribution in [1.29, 1.82) is 0 Å². The molecule has 94 valence electrons. The topological polar surface area (TPSA) is 43.7 Å². The SMILES string of the molecule is OC1CN(CC(F)(F)c2ccccc2)CC1O. The third-order valence-electron chi connectivity index (χ3n) is 2.95. The van der Waals surface area contributed by atoms with Gasteiger partial charge in [0.2, 0.25) is 0 Å². The van der Waals surface area contributed by atoms with Gasteiger partial charge in [-0.2, -0.15) is 8.78 Å². The Hall–Kier alpha value is -1.04. The molecule has 0 saturated carbocycles. The predicted octanol–water partition coefficient (Wildman–Crippen LogP) is 0.816. The van der Waals surface area contributed by atoms with Gasteiger partial charge in [0.1, 0.15) is 0 Å². The van der Waals surface area contributed by atoms with Crippen molar-refractivity contribution >= 4 is 0 Å². The van der Waals surface area contributed by atoms with Crippen LogP contribution in [0.15, 0.2) is 30.3 Å². The van der Waals surface area contributed by atoms with E-state index in [-0.39, 0.29) is 18.7 Å². The highest BCUT2D eigenvalue weighted by atomic mass is 19.3. The third kappa shape index (κ3) is 2.80. The van der Waals surface area contributed by atoms with E-state index >= 15 is 0 Å². The first-order valence-electron chi connectivity index (χ1n) is 5.51. The van der Waals surface area contributed by atoms with Crippen LogP contribution >= 0.6 is 0 Å². The summed E-state index contributed by atoms with van der Waals surface area (Å²) < 4.78 is 27.7. The molecule has 1 aliphatic heterocycles. The fourth-order valence-electron chi connectivity index (χ4n) is 2.03. The summed E-state index contributed by atoms with van der Waals surface area (Å²) in [5, 5.41) is 18.6. The van der Waals surface area contributed by atoms with E-state index in [1.165, 1.54) is 17.0 Å². The molecule has 1 heterocycles. The second-order valence-electron chi connectivity index (χ2n) is 4.40. The maximum Gasteiger partial charge on any atom is 0.285 e. The number of β-amino-alcohol motifs (C(OH)–C–C–N with tert-alkyl or cyclic N) is 2. The molecular weight excluding hydrogens is 228 g/mol. The van der Waals surface area contributed by atoms with Gasteiger partial charge in [0, 0.05) is 18.7 Å². The minimum atomic E-state index is -2.97. The highest BCUT2D eigenvalue weighted by Crippen LogP contribution is 2.29. The van der Waals surface area contributed by atoms with E-state index in [1.54, 1.807) is 18.2 Å². The Morgan fingerprint density at radius 2 is 1.65 bits per heavy atom. The Kier molecular flexibility index (Phi) is 3.42. The Morgan fingerprint density at radius 3 is 2.18 bits per heavy atom. The maximum absolute atomic E-state index is 13.9. The molecule has 2 rings (SSSR count).